The van der Waals surface area contributed by atoms with Gasteiger partial charge in [-0.2, -0.15) is 0 Å². The van der Waals surface area contributed by atoms with E-state index in [1.807, 2.05) is 28.8 Å². The van der Waals surface area contributed by atoms with Gasteiger partial charge in [0.25, 0.3) is 0 Å². The van der Waals surface area contributed by atoms with E-state index in [2.05, 4.69) is 48.4 Å². The lowest BCUT2D eigenvalue weighted by Crippen LogP contribution is -2.35. The SMILES string of the molecule is CC(C)(C)c1ccc(-c2nnc(SCC(=O)N3CCNC3=O)n2Cc2ccco2)cc1. The number of carbonyl (C=O) groups excluding carboxylic acids is 2. The van der Waals surface area contributed by atoms with E-state index in [0.29, 0.717) is 30.6 Å². The van der Waals surface area contributed by atoms with E-state index in [0.717, 1.165) is 11.3 Å². The summed E-state index contributed by atoms with van der Waals surface area (Å²) in [6.07, 6.45) is 1.62. The molecule has 1 aliphatic rings. The molecule has 3 amide bonds. The van der Waals surface area contributed by atoms with Crippen LogP contribution in [0.2, 0.25) is 0 Å². The molecular formula is C22H25N5O3S. The predicted molar refractivity (Wildman–Crippen MR) is 118 cm³/mol. The quantitative estimate of drug-likeness (QED) is 0.591. The van der Waals surface area contributed by atoms with Crippen LogP contribution in [-0.2, 0) is 16.8 Å². The molecule has 31 heavy (non-hydrogen) atoms. The van der Waals surface area contributed by atoms with Crippen LogP contribution >= 0.6 is 11.8 Å². The molecule has 3 aromatic rings. The Morgan fingerprint density at radius 3 is 2.58 bits per heavy atom. The lowest BCUT2D eigenvalue weighted by atomic mass is 9.87. The van der Waals surface area contributed by atoms with E-state index in [1.54, 1.807) is 6.26 Å². The summed E-state index contributed by atoms with van der Waals surface area (Å²) in [4.78, 5) is 25.4. The third-order valence-electron chi connectivity index (χ3n) is 5.10. The zero-order valence-corrected chi connectivity index (χ0v) is 18.6. The fourth-order valence-electron chi connectivity index (χ4n) is 3.34. The molecule has 9 heteroatoms. The molecular weight excluding hydrogens is 414 g/mol. The van der Waals surface area contributed by atoms with Crippen LogP contribution in [-0.4, -0.2) is 50.4 Å². The van der Waals surface area contributed by atoms with Crippen LogP contribution < -0.4 is 5.32 Å². The average Bonchev–Trinajstić information content (AvgIpc) is 3.48. The van der Waals surface area contributed by atoms with Gasteiger partial charge < -0.3 is 9.73 Å². The van der Waals surface area contributed by atoms with Gasteiger partial charge in [0.15, 0.2) is 11.0 Å². The van der Waals surface area contributed by atoms with Crippen LogP contribution in [0.5, 0.6) is 0 Å². The summed E-state index contributed by atoms with van der Waals surface area (Å²) in [6.45, 7) is 7.84. The Labute approximate surface area is 185 Å². The third kappa shape index (κ3) is 4.66. The highest BCUT2D eigenvalue weighted by atomic mass is 32.2. The Hall–Kier alpha value is -3.07. The molecule has 2 aromatic heterocycles. The van der Waals surface area contributed by atoms with Crippen molar-refractivity contribution in [3.8, 4) is 11.4 Å². The number of thioether (sulfide) groups is 1. The maximum atomic E-state index is 12.4. The molecule has 1 aromatic carbocycles. The molecule has 0 saturated carbocycles. The van der Waals surface area contributed by atoms with Gasteiger partial charge in [-0.05, 0) is 23.1 Å². The van der Waals surface area contributed by atoms with Crippen molar-refractivity contribution in [2.24, 2.45) is 0 Å². The van der Waals surface area contributed by atoms with E-state index in [1.165, 1.54) is 22.2 Å². The molecule has 0 spiro atoms. The number of hydrogen-bond acceptors (Lipinski definition) is 6. The first-order chi connectivity index (χ1) is 14.8. The summed E-state index contributed by atoms with van der Waals surface area (Å²) < 4.78 is 7.46. The van der Waals surface area contributed by atoms with Gasteiger partial charge >= 0.3 is 6.03 Å². The van der Waals surface area contributed by atoms with Crippen molar-refractivity contribution in [3.05, 3.63) is 54.0 Å². The smallest absolute Gasteiger partial charge is 0.324 e. The summed E-state index contributed by atoms with van der Waals surface area (Å²) in [5, 5.41) is 12.0. The average molecular weight is 440 g/mol. The first kappa shape index (κ1) is 21.2. The zero-order chi connectivity index (χ0) is 22.0. The monoisotopic (exact) mass is 439 g/mol. The van der Waals surface area contributed by atoms with Crippen LogP contribution in [0.3, 0.4) is 0 Å². The Kier molecular flexibility index (Phi) is 5.86. The van der Waals surface area contributed by atoms with Crippen molar-refractivity contribution < 1.29 is 14.0 Å². The minimum atomic E-state index is -0.345. The van der Waals surface area contributed by atoms with Crippen molar-refractivity contribution in [1.82, 2.24) is 25.0 Å². The molecule has 0 unspecified atom stereocenters. The van der Waals surface area contributed by atoms with Crippen LogP contribution in [0.1, 0.15) is 32.1 Å². The summed E-state index contributed by atoms with van der Waals surface area (Å²) in [5.41, 5.74) is 2.23. The topological polar surface area (TPSA) is 93.3 Å². The molecule has 0 atom stereocenters. The second kappa shape index (κ2) is 8.58. The van der Waals surface area contributed by atoms with Crippen molar-refractivity contribution in [2.45, 2.75) is 37.9 Å². The van der Waals surface area contributed by atoms with Gasteiger partial charge in [0.05, 0.1) is 18.6 Å². The number of furan rings is 1. The number of imide groups is 1. The van der Waals surface area contributed by atoms with Crippen molar-refractivity contribution in [2.75, 3.05) is 18.8 Å². The molecule has 1 saturated heterocycles. The second-order valence-corrected chi connectivity index (χ2v) is 9.31. The maximum absolute atomic E-state index is 12.4. The fourth-order valence-corrected chi connectivity index (χ4v) is 4.16. The first-order valence-corrected chi connectivity index (χ1v) is 11.1. The van der Waals surface area contributed by atoms with Gasteiger partial charge in [0.1, 0.15) is 5.76 Å². The molecule has 3 heterocycles. The predicted octanol–water partition coefficient (Wildman–Crippen LogP) is 3.53. The van der Waals surface area contributed by atoms with Crippen LogP contribution in [0.15, 0.2) is 52.2 Å². The maximum Gasteiger partial charge on any atom is 0.324 e. The molecule has 1 fully saturated rings. The highest BCUT2D eigenvalue weighted by molar-refractivity contribution is 7.99. The number of rotatable bonds is 6. The molecule has 0 bridgehead atoms. The largest absolute Gasteiger partial charge is 0.467 e. The lowest BCUT2D eigenvalue weighted by molar-refractivity contribution is -0.124. The number of carbonyl (C=O) groups is 2. The number of hydrogen-bond donors (Lipinski definition) is 1. The van der Waals surface area contributed by atoms with Gasteiger partial charge in [-0.3, -0.25) is 14.3 Å². The number of amides is 3. The summed E-state index contributed by atoms with van der Waals surface area (Å²) in [7, 11) is 0. The second-order valence-electron chi connectivity index (χ2n) is 8.37. The Bertz CT molecular complexity index is 1070. The molecule has 0 aliphatic carbocycles. The Balaban J connectivity index is 1.59. The fraction of sp³-hybridized carbons (Fsp3) is 0.364. The van der Waals surface area contributed by atoms with Gasteiger partial charge in [0.2, 0.25) is 5.91 Å². The van der Waals surface area contributed by atoms with Crippen LogP contribution in [0, 0.1) is 0 Å². The molecule has 4 rings (SSSR count). The van der Waals surface area contributed by atoms with Crippen molar-refractivity contribution >= 4 is 23.7 Å². The van der Waals surface area contributed by atoms with E-state index in [9.17, 15) is 9.59 Å². The standard InChI is InChI=1S/C22H25N5O3S/c1-22(2,3)16-8-6-15(7-9-16)19-24-25-21(27(19)13-17-5-4-12-30-17)31-14-18(28)26-11-10-23-20(26)29/h4-9,12H,10-11,13-14H2,1-3H3,(H,23,29). The van der Waals surface area contributed by atoms with E-state index in [4.69, 9.17) is 4.42 Å². The zero-order valence-electron chi connectivity index (χ0n) is 17.8. The molecule has 0 radical (unpaired) electrons. The Morgan fingerprint density at radius 1 is 1.19 bits per heavy atom. The normalized spacial score (nSPS) is 14.2. The summed E-state index contributed by atoms with van der Waals surface area (Å²) >= 11 is 1.27. The molecule has 1 aliphatic heterocycles. The number of urea groups is 1. The van der Waals surface area contributed by atoms with Gasteiger partial charge in [-0.15, -0.1) is 10.2 Å². The Morgan fingerprint density at radius 2 is 1.97 bits per heavy atom. The van der Waals surface area contributed by atoms with Crippen molar-refractivity contribution in [1.29, 1.82) is 0 Å². The van der Waals surface area contributed by atoms with Gasteiger partial charge in [-0.25, -0.2) is 4.79 Å². The summed E-state index contributed by atoms with van der Waals surface area (Å²) in [6, 6.07) is 11.7. The number of nitrogens with zero attached hydrogens (tertiary/aromatic N) is 4. The lowest BCUT2D eigenvalue weighted by Gasteiger charge is -2.19. The summed E-state index contributed by atoms with van der Waals surface area (Å²) in [5.74, 6) is 1.32. The minimum Gasteiger partial charge on any atom is -0.467 e. The highest BCUT2D eigenvalue weighted by Crippen LogP contribution is 2.28. The van der Waals surface area contributed by atoms with Gasteiger partial charge in [0, 0.05) is 18.7 Å². The molecule has 1 N–H and O–H groups in total. The number of aromatic nitrogens is 3. The van der Waals surface area contributed by atoms with E-state index in [-0.39, 0.29) is 23.1 Å². The van der Waals surface area contributed by atoms with Crippen molar-refractivity contribution in [3.63, 3.8) is 0 Å². The molecule has 8 nitrogen and oxygen atoms in total. The minimum absolute atomic E-state index is 0.0591. The number of nitrogens with one attached hydrogen (secondary N) is 1. The third-order valence-corrected chi connectivity index (χ3v) is 6.05. The first-order valence-electron chi connectivity index (χ1n) is 10.1. The van der Waals surface area contributed by atoms with Crippen LogP contribution in [0.25, 0.3) is 11.4 Å². The van der Waals surface area contributed by atoms with Crippen LogP contribution in [0.4, 0.5) is 4.79 Å². The highest BCUT2D eigenvalue weighted by Gasteiger charge is 2.27. The van der Waals surface area contributed by atoms with Gasteiger partial charge in [-0.1, -0.05) is 56.8 Å². The van der Waals surface area contributed by atoms with E-state index >= 15 is 0 Å². The van der Waals surface area contributed by atoms with E-state index < -0.39 is 0 Å². The number of benzene rings is 1. The molecule has 162 valence electrons.